The second-order valence-electron chi connectivity index (χ2n) is 9.07. The fourth-order valence-corrected chi connectivity index (χ4v) is 5.10. The molecule has 0 bridgehead atoms. The summed E-state index contributed by atoms with van der Waals surface area (Å²) in [6.45, 7) is 4.91. The lowest BCUT2D eigenvalue weighted by molar-refractivity contribution is 0.0940. The van der Waals surface area contributed by atoms with E-state index in [4.69, 9.17) is 5.10 Å². The molecule has 0 saturated carbocycles. The molecule has 172 valence electrons. The average molecular weight is 447 g/mol. The van der Waals surface area contributed by atoms with Gasteiger partial charge in [-0.1, -0.05) is 18.2 Å². The summed E-state index contributed by atoms with van der Waals surface area (Å²) in [5.41, 5.74) is 5.32. The molecule has 2 aromatic carbocycles. The summed E-state index contributed by atoms with van der Waals surface area (Å²) in [5.74, 6) is -0.211. The summed E-state index contributed by atoms with van der Waals surface area (Å²) in [4.78, 5) is 18.0. The number of piperazine rings is 1. The Hall–Kier alpha value is -2.99. The number of aryl methyl sites for hydroxylation is 1. The number of nitrogens with zero attached hydrogens (tertiary/aromatic N) is 4. The number of rotatable bonds is 6. The number of anilines is 1. The van der Waals surface area contributed by atoms with Gasteiger partial charge in [0.1, 0.15) is 5.82 Å². The SMILES string of the molecule is O=C(c1ccccc1)n1nc2c(c1CCCN1CCN(c3ccc(F)cc3)CC1)CCCC2. The minimum absolute atomic E-state index is 0.0205. The van der Waals surface area contributed by atoms with Crippen LogP contribution in [0.1, 0.15) is 46.6 Å². The van der Waals surface area contributed by atoms with E-state index in [-0.39, 0.29) is 11.7 Å². The molecule has 0 atom stereocenters. The summed E-state index contributed by atoms with van der Waals surface area (Å²) in [7, 11) is 0. The third-order valence-corrected chi connectivity index (χ3v) is 6.93. The van der Waals surface area contributed by atoms with E-state index in [9.17, 15) is 9.18 Å². The molecule has 0 spiro atoms. The molecule has 0 amide bonds. The van der Waals surface area contributed by atoms with Crippen molar-refractivity contribution in [2.75, 3.05) is 37.6 Å². The molecular formula is C27H31FN4O. The summed E-state index contributed by atoms with van der Waals surface area (Å²) in [5, 5.41) is 4.76. The zero-order chi connectivity index (χ0) is 22.6. The van der Waals surface area contributed by atoms with Gasteiger partial charge in [-0.15, -0.1) is 0 Å². The van der Waals surface area contributed by atoms with Gasteiger partial charge < -0.3 is 4.90 Å². The highest BCUT2D eigenvalue weighted by Crippen LogP contribution is 2.26. The zero-order valence-electron chi connectivity index (χ0n) is 19.0. The van der Waals surface area contributed by atoms with Crippen LogP contribution >= 0.6 is 0 Å². The fourth-order valence-electron chi connectivity index (χ4n) is 5.10. The van der Waals surface area contributed by atoms with Gasteiger partial charge in [-0.3, -0.25) is 9.69 Å². The van der Waals surface area contributed by atoms with Crippen LogP contribution in [-0.2, 0) is 19.3 Å². The van der Waals surface area contributed by atoms with Gasteiger partial charge in [-0.05, 0) is 87.0 Å². The molecule has 0 unspecified atom stereocenters. The first-order valence-corrected chi connectivity index (χ1v) is 12.1. The van der Waals surface area contributed by atoms with Crippen molar-refractivity contribution in [2.45, 2.75) is 38.5 Å². The van der Waals surface area contributed by atoms with Crippen molar-refractivity contribution in [2.24, 2.45) is 0 Å². The van der Waals surface area contributed by atoms with Gasteiger partial charge in [0.05, 0.1) is 11.4 Å². The maximum Gasteiger partial charge on any atom is 0.278 e. The van der Waals surface area contributed by atoms with Gasteiger partial charge in [0.2, 0.25) is 0 Å². The van der Waals surface area contributed by atoms with E-state index in [1.54, 1.807) is 4.68 Å². The Balaban J connectivity index is 1.21. The highest BCUT2D eigenvalue weighted by Gasteiger charge is 2.24. The smallest absolute Gasteiger partial charge is 0.278 e. The van der Waals surface area contributed by atoms with Crippen LogP contribution in [0.2, 0.25) is 0 Å². The van der Waals surface area contributed by atoms with Crippen molar-refractivity contribution in [3.63, 3.8) is 0 Å². The third kappa shape index (κ3) is 4.86. The van der Waals surface area contributed by atoms with E-state index in [0.717, 1.165) is 81.9 Å². The maximum atomic E-state index is 13.2. The van der Waals surface area contributed by atoms with Gasteiger partial charge in [0.15, 0.2) is 0 Å². The second-order valence-corrected chi connectivity index (χ2v) is 9.07. The van der Waals surface area contributed by atoms with Crippen LogP contribution in [0.15, 0.2) is 54.6 Å². The van der Waals surface area contributed by atoms with Gasteiger partial charge in [0, 0.05) is 37.4 Å². The molecule has 2 aliphatic rings. The van der Waals surface area contributed by atoms with E-state index in [1.807, 2.05) is 42.5 Å². The van der Waals surface area contributed by atoms with E-state index in [2.05, 4.69) is 9.80 Å². The molecule has 33 heavy (non-hydrogen) atoms. The quantitative estimate of drug-likeness (QED) is 0.565. The Labute approximate surface area is 194 Å². The number of fused-ring (bicyclic) bond motifs is 1. The summed E-state index contributed by atoms with van der Waals surface area (Å²) in [6, 6.07) is 16.3. The second kappa shape index (κ2) is 9.87. The van der Waals surface area contributed by atoms with E-state index in [1.165, 1.54) is 24.1 Å². The monoisotopic (exact) mass is 446 g/mol. The molecule has 5 nitrogen and oxygen atoms in total. The Morgan fingerprint density at radius 3 is 2.39 bits per heavy atom. The average Bonchev–Trinajstić information content (AvgIpc) is 3.24. The third-order valence-electron chi connectivity index (χ3n) is 6.93. The van der Waals surface area contributed by atoms with Crippen molar-refractivity contribution in [1.82, 2.24) is 14.7 Å². The number of carbonyl (C=O) groups excluding carboxylic acids is 1. The standard InChI is InChI=1S/C27H31FN4O/c28-22-12-14-23(15-13-22)31-19-17-30(18-20-31)16-6-11-26-24-9-4-5-10-25(24)29-32(26)27(33)21-7-2-1-3-8-21/h1-3,7-8,12-15H,4-6,9-11,16-20H2. The van der Waals surface area contributed by atoms with Crippen LogP contribution in [-0.4, -0.2) is 53.3 Å². The number of hydrogen-bond acceptors (Lipinski definition) is 4. The summed E-state index contributed by atoms with van der Waals surface area (Å²) < 4.78 is 14.9. The minimum atomic E-state index is -0.190. The van der Waals surface area contributed by atoms with E-state index >= 15 is 0 Å². The van der Waals surface area contributed by atoms with Crippen molar-refractivity contribution in [1.29, 1.82) is 0 Å². The van der Waals surface area contributed by atoms with Gasteiger partial charge in [-0.2, -0.15) is 5.10 Å². The molecule has 1 aliphatic heterocycles. The molecule has 1 aromatic heterocycles. The predicted molar refractivity (Wildman–Crippen MR) is 128 cm³/mol. The predicted octanol–water partition coefficient (Wildman–Crippen LogP) is 4.34. The molecule has 6 heteroatoms. The first-order valence-electron chi connectivity index (χ1n) is 12.1. The van der Waals surface area contributed by atoms with Crippen molar-refractivity contribution < 1.29 is 9.18 Å². The first-order chi connectivity index (χ1) is 16.2. The van der Waals surface area contributed by atoms with Gasteiger partial charge >= 0.3 is 0 Å². The van der Waals surface area contributed by atoms with Crippen molar-refractivity contribution in [3.05, 3.63) is 82.9 Å². The number of aromatic nitrogens is 2. The lowest BCUT2D eigenvalue weighted by atomic mass is 9.94. The summed E-state index contributed by atoms with van der Waals surface area (Å²) in [6.07, 6.45) is 6.22. The molecule has 0 radical (unpaired) electrons. The molecule has 5 rings (SSSR count). The molecule has 2 heterocycles. The van der Waals surface area contributed by atoms with Crippen LogP contribution in [0, 0.1) is 5.82 Å². The minimum Gasteiger partial charge on any atom is -0.369 e. The van der Waals surface area contributed by atoms with Gasteiger partial charge in [-0.25, -0.2) is 9.07 Å². The summed E-state index contributed by atoms with van der Waals surface area (Å²) >= 11 is 0. The molecule has 1 saturated heterocycles. The largest absolute Gasteiger partial charge is 0.369 e. The van der Waals surface area contributed by atoms with Crippen molar-refractivity contribution in [3.8, 4) is 0 Å². The zero-order valence-corrected chi connectivity index (χ0v) is 19.0. The lowest BCUT2D eigenvalue weighted by Gasteiger charge is -2.36. The number of carbonyl (C=O) groups is 1. The Kier molecular flexibility index (Phi) is 6.53. The van der Waals surface area contributed by atoms with E-state index in [0.29, 0.717) is 5.56 Å². The van der Waals surface area contributed by atoms with Crippen LogP contribution < -0.4 is 4.90 Å². The van der Waals surface area contributed by atoms with E-state index < -0.39 is 0 Å². The first kappa shape index (κ1) is 21.8. The normalized spacial score (nSPS) is 16.6. The highest BCUT2D eigenvalue weighted by molar-refractivity contribution is 5.95. The Bertz CT molecular complexity index is 1090. The molecule has 0 N–H and O–H groups in total. The molecular weight excluding hydrogens is 415 g/mol. The van der Waals surface area contributed by atoms with Crippen LogP contribution in [0.25, 0.3) is 0 Å². The highest BCUT2D eigenvalue weighted by atomic mass is 19.1. The fraction of sp³-hybridized carbons (Fsp3) is 0.407. The van der Waals surface area contributed by atoms with Crippen molar-refractivity contribution >= 4 is 11.6 Å². The Morgan fingerprint density at radius 2 is 1.64 bits per heavy atom. The number of hydrogen-bond donors (Lipinski definition) is 0. The van der Waals surface area contributed by atoms with Crippen LogP contribution in [0.3, 0.4) is 0 Å². The lowest BCUT2D eigenvalue weighted by Crippen LogP contribution is -2.46. The molecule has 3 aromatic rings. The maximum absolute atomic E-state index is 13.2. The number of halogens is 1. The van der Waals surface area contributed by atoms with Gasteiger partial charge in [0.25, 0.3) is 5.91 Å². The molecule has 1 aliphatic carbocycles. The number of benzene rings is 2. The van der Waals surface area contributed by atoms with Crippen LogP contribution in [0.5, 0.6) is 0 Å². The topological polar surface area (TPSA) is 41.4 Å². The van der Waals surface area contributed by atoms with Crippen LogP contribution in [0.4, 0.5) is 10.1 Å². The Morgan fingerprint density at radius 1 is 0.909 bits per heavy atom. The molecule has 1 fully saturated rings.